The summed E-state index contributed by atoms with van der Waals surface area (Å²) in [5.41, 5.74) is 5.35. The minimum absolute atomic E-state index is 0.361. The molecule has 0 aliphatic heterocycles. The summed E-state index contributed by atoms with van der Waals surface area (Å²) in [6, 6.07) is 1.37. The van der Waals surface area contributed by atoms with Crippen molar-refractivity contribution in [2.24, 2.45) is 5.73 Å². The first kappa shape index (κ1) is 20.7. The Hall–Kier alpha value is -1.29. The summed E-state index contributed by atoms with van der Waals surface area (Å²) in [6.45, 7) is 7.19. The van der Waals surface area contributed by atoms with E-state index in [4.69, 9.17) is 26.4 Å². The van der Waals surface area contributed by atoms with Crippen molar-refractivity contribution in [1.82, 2.24) is 4.90 Å². The van der Waals surface area contributed by atoms with Crippen molar-refractivity contribution >= 4 is 6.03 Å². The van der Waals surface area contributed by atoms with Gasteiger partial charge in [-0.05, 0) is 19.3 Å². The number of hydrogen-bond donors (Lipinski definition) is 1. The van der Waals surface area contributed by atoms with Crippen molar-refractivity contribution < 1.29 is 19.0 Å². The number of ether oxygens (including phenoxy) is 3. The number of unbranched alkanes of at least 4 members (excludes halogenated alkanes) is 3. The van der Waals surface area contributed by atoms with Gasteiger partial charge in [-0.25, -0.2) is 4.79 Å². The van der Waals surface area contributed by atoms with Gasteiger partial charge >= 0.3 is 12.1 Å². The molecule has 0 rings (SSSR count). The average molecular weight is 314 g/mol. The van der Waals surface area contributed by atoms with Gasteiger partial charge in [0, 0.05) is 6.04 Å². The molecule has 0 spiro atoms. The maximum Gasteiger partial charge on any atom is 0.392 e. The summed E-state index contributed by atoms with van der Waals surface area (Å²) < 4.78 is 17.1. The van der Waals surface area contributed by atoms with E-state index in [-0.39, 0.29) is 0 Å². The lowest BCUT2D eigenvalue weighted by molar-refractivity contribution is -0.425. The predicted octanol–water partition coefficient (Wildman–Crippen LogP) is 3.02. The summed E-state index contributed by atoms with van der Waals surface area (Å²) >= 11 is 0. The molecule has 6 nitrogen and oxygen atoms in total. The summed E-state index contributed by atoms with van der Waals surface area (Å²) in [4.78, 5) is 12.5. The number of terminal acetylenes is 1. The Morgan fingerprint density at radius 3 is 1.59 bits per heavy atom. The van der Waals surface area contributed by atoms with Crippen molar-refractivity contribution in [2.45, 2.75) is 65.4 Å². The average Bonchev–Trinajstić information content (AvgIpc) is 2.48. The number of primary amides is 1. The van der Waals surface area contributed by atoms with Gasteiger partial charge in [0.15, 0.2) is 0 Å². The second-order valence-corrected chi connectivity index (χ2v) is 4.93. The highest BCUT2D eigenvalue weighted by molar-refractivity contribution is 5.74. The molecule has 0 bridgehead atoms. The Labute approximate surface area is 134 Å². The third kappa shape index (κ3) is 7.12. The number of nitrogens with two attached hydrogens (primary N) is 1. The Balaban J connectivity index is 5.17. The van der Waals surface area contributed by atoms with E-state index in [1.54, 1.807) is 0 Å². The van der Waals surface area contributed by atoms with Gasteiger partial charge in [-0.15, -0.1) is 0 Å². The molecule has 0 aliphatic rings. The molecule has 0 fully saturated rings. The SMILES string of the molecule is C#CN(C(N)=O)C(OCCCC)(OCCCC)OCCCC. The lowest BCUT2D eigenvalue weighted by Crippen LogP contribution is -2.57. The maximum atomic E-state index is 11.6. The maximum absolute atomic E-state index is 11.6. The van der Waals surface area contributed by atoms with Crippen LogP contribution in [0, 0.1) is 12.5 Å². The molecular formula is C16H30N2O4. The van der Waals surface area contributed by atoms with Gasteiger partial charge in [0.2, 0.25) is 0 Å². The molecule has 0 atom stereocenters. The lowest BCUT2D eigenvalue weighted by atomic mass is 10.3. The molecule has 0 heterocycles. The van der Waals surface area contributed by atoms with Gasteiger partial charge in [-0.1, -0.05) is 46.5 Å². The number of hydrogen-bond acceptors (Lipinski definition) is 4. The van der Waals surface area contributed by atoms with Crippen LogP contribution in [0.2, 0.25) is 0 Å². The van der Waals surface area contributed by atoms with Gasteiger partial charge in [0.25, 0.3) is 0 Å². The Bertz CT molecular complexity index is 315. The molecule has 0 aromatic rings. The third-order valence-electron chi connectivity index (χ3n) is 2.97. The van der Waals surface area contributed by atoms with Crippen LogP contribution in [0.5, 0.6) is 0 Å². The molecule has 6 heteroatoms. The first-order valence-electron chi connectivity index (χ1n) is 8.05. The molecule has 2 amide bonds. The first-order chi connectivity index (χ1) is 10.6. The normalized spacial score (nSPS) is 11.2. The highest BCUT2D eigenvalue weighted by atomic mass is 16.9. The quantitative estimate of drug-likeness (QED) is 0.245. The standard InChI is InChI=1S/C16H30N2O4/c1-5-9-12-20-16(21-13-10-6-2,22-14-11-7-3)18(8-4)15(17)19/h4H,5-7,9-14H2,1-3H3,(H2,17,19). The fraction of sp³-hybridized carbons (Fsp3) is 0.812. The van der Waals surface area contributed by atoms with Crippen LogP contribution in [0.15, 0.2) is 0 Å². The highest BCUT2D eigenvalue weighted by Crippen LogP contribution is 2.23. The monoisotopic (exact) mass is 314 g/mol. The molecular weight excluding hydrogens is 284 g/mol. The van der Waals surface area contributed by atoms with E-state index in [0.717, 1.165) is 43.4 Å². The minimum Gasteiger partial charge on any atom is -0.350 e. The minimum atomic E-state index is -1.74. The smallest absolute Gasteiger partial charge is 0.350 e. The molecule has 0 radical (unpaired) electrons. The molecule has 0 saturated carbocycles. The van der Waals surface area contributed by atoms with E-state index in [2.05, 4.69) is 6.04 Å². The second-order valence-electron chi connectivity index (χ2n) is 4.93. The zero-order valence-electron chi connectivity index (χ0n) is 14.1. The molecule has 0 unspecified atom stereocenters. The summed E-state index contributed by atoms with van der Waals surface area (Å²) in [5, 5.41) is 0. The largest absolute Gasteiger partial charge is 0.392 e. The number of urea groups is 1. The summed E-state index contributed by atoms with van der Waals surface area (Å²) in [6.07, 6.45) is 8.88. The van der Waals surface area contributed by atoms with Crippen LogP contribution >= 0.6 is 0 Å². The molecule has 0 saturated heterocycles. The van der Waals surface area contributed by atoms with E-state index in [1.165, 1.54) is 0 Å². The molecule has 128 valence electrons. The van der Waals surface area contributed by atoms with Crippen molar-refractivity contribution in [3.05, 3.63) is 0 Å². The van der Waals surface area contributed by atoms with Crippen LogP contribution in [0.25, 0.3) is 0 Å². The highest BCUT2D eigenvalue weighted by Gasteiger charge is 2.43. The van der Waals surface area contributed by atoms with Crippen LogP contribution in [-0.4, -0.2) is 36.8 Å². The number of nitrogens with zero attached hydrogens (tertiary/aromatic N) is 1. The summed E-state index contributed by atoms with van der Waals surface area (Å²) in [7, 11) is 0. The van der Waals surface area contributed by atoms with Gasteiger partial charge in [0.1, 0.15) is 0 Å². The van der Waals surface area contributed by atoms with Crippen LogP contribution < -0.4 is 5.73 Å². The lowest BCUT2D eigenvalue weighted by Gasteiger charge is -2.37. The van der Waals surface area contributed by atoms with Gasteiger partial charge in [-0.2, -0.15) is 4.90 Å². The second kappa shape index (κ2) is 12.3. The number of carbonyl (C=O) groups excluding carboxylic acids is 1. The molecule has 22 heavy (non-hydrogen) atoms. The van der Waals surface area contributed by atoms with E-state index < -0.39 is 12.1 Å². The Morgan fingerprint density at radius 2 is 1.36 bits per heavy atom. The van der Waals surface area contributed by atoms with Gasteiger partial charge in [-0.3, -0.25) is 0 Å². The Kier molecular flexibility index (Phi) is 11.6. The van der Waals surface area contributed by atoms with Gasteiger partial charge < -0.3 is 19.9 Å². The van der Waals surface area contributed by atoms with Crippen LogP contribution in [0.1, 0.15) is 59.3 Å². The van der Waals surface area contributed by atoms with Crippen molar-refractivity contribution in [2.75, 3.05) is 19.8 Å². The molecule has 0 aromatic heterocycles. The van der Waals surface area contributed by atoms with E-state index in [0.29, 0.717) is 19.8 Å². The van der Waals surface area contributed by atoms with Crippen molar-refractivity contribution in [1.29, 1.82) is 0 Å². The van der Waals surface area contributed by atoms with Gasteiger partial charge in [0.05, 0.1) is 19.8 Å². The topological polar surface area (TPSA) is 74.0 Å². The fourth-order valence-electron chi connectivity index (χ4n) is 1.63. The molecule has 2 N–H and O–H groups in total. The third-order valence-corrected chi connectivity index (χ3v) is 2.97. The number of rotatable bonds is 13. The summed E-state index contributed by atoms with van der Waals surface area (Å²) in [5.74, 6) is 0. The molecule has 0 aliphatic carbocycles. The Morgan fingerprint density at radius 1 is 1.00 bits per heavy atom. The fourth-order valence-corrected chi connectivity index (χ4v) is 1.63. The number of amides is 2. The van der Waals surface area contributed by atoms with Crippen molar-refractivity contribution in [3.8, 4) is 12.5 Å². The first-order valence-corrected chi connectivity index (χ1v) is 8.05. The van der Waals surface area contributed by atoms with Crippen LogP contribution in [0.4, 0.5) is 4.79 Å². The van der Waals surface area contributed by atoms with Crippen LogP contribution in [-0.2, 0) is 14.2 Å². The van der Waals surface area contributed by atoms with E-state index in [9.17, 15) is 4.79 Å². The van der Waals surface area contributed by atoms with E-state index >= 15 is 0 Å². The molecule has 0 aromatic carbocycles. The van der Waals surface area contributed by atoms with E-state index in [1.807, 2.05) is 20.8 Å². The predicted molar refractivity (Wildman–Crippen MR) is 85.6 cm³/mol. The zero-order valence-corrected chi connectivity index (χ0v) is 14.1. The zero-order chi connectivity index (χ0) is 16.8. The van der Waals surface area contributed by atoms with Crippen LogP contribution in [0.3, 0.4) is 0 Å². The van der Waals surface area contributed by atoms with Crippen molar-refractivity contribution in [3.63, 3.8) is 0 Å². The number of carbonyl (C=O) groups is 1.